The zero-order chi connectivity index (χ0) is 11.0. The summed E-state index contributed by atoms with van der Waals surface area (Å²) in [6.07, 6.45) is 0. The minimum Gasteiger partial charge on any atom is -0.497 e. The van der Waals surface area contributed by atoms with Crippen LogP contribution in [0.4, 0.5) is 5.69 Å². The molecule has 5 heteroatoms. The third-order valence-corrected chi connectivity index (χ3v) is 2.74. The van der Waals surface area contributed by atoms with Gasteiger partial charge in [0.2, 0.25) is 0 Å². The number of halogens is 1. The number of carboxylic acid groups (broad SMARTS) is 1. The maximum atomic E-state index is 11.1. The molecule has 1 aliphatic heterocycles. The average Bonchev–Trinajstić information content (AvgIpc) is 2.52. The van der Waals surface area contributed by atoms with Gasteiger partial charge in [0.1, 0.15) is 11.7 Å². The van der Waals surface area contributed by atoms with E-state index in [2.05, 4.69) is 5.32 Å². The molecule has 2 rings (SSSR count). The van der Waals surface area contributed by atoms with Crippen LogP contribution in [0.15, 0.2) is 18.2 Å². The third-order valence-electron chi connectivity index (χ3n) is 2.74. The summed E-state index contributed by atoms with van der Waals surface area (Å²) in [4.78, 5) is 11.1. The first kappa shape index (κ1) is 12.6. The Kier molecular flexibility index (Phi) is 3.65. The van der Waals surface area contributed by atoms with E-state index >= 15 is 0 Å². The first-order chi connectivity index (χ1) is 7.13. The van der Waals surface area contributed by atoms with Crippen LogP contribution in [-0.4, -0.2) is 24.2 Å². The average molecular weight is 244 g/mol. The largest absolute Gasteiger partial charge is 0.497 e. The standard InChI is InChI=1S/C11H13NO3.ClH/c1-6-10(11(13)14)8-5-7(15-2)3-4-9(8)12-6;/h3-6,10,12H,1-2H3,(H,13,14);1H. The molecule has 0 aromatic heterocycles. The summed E-state index contributed by atoms with van der Waals surface area (Å²) in [5, 5.41) is 12.3. The monoisotopic (exact) mass is 243 g/mol. The Balaban J connectivity index is 0.00000128. The Morgan fingerprint density at radius 3 is 2.75 bits per heavy atom. The number of benzene rings is 1. The molecule has 2 unspecified atom stereocenters. The van der Waals surface area contributed by atoms with Gasteiger partial charge in [-0.1, -0.05) is 0 Å². The summed E-state index contributed by atoms with van der Waals surface area (Å²) in [6.45, 7) is 1.87. The molecule has 0 fully saturated rings. The van der Waals surface area contributed by atoms with Crippen LogP contribution in [0.3, 0.4) is 0 Å². The molecular formula is C11H14ClNO3. The number of nitrogens with one attached hydrogen (secondary N) is 1. The Morgan fingerprint density at radius 1 is 1.50 bits per heavy atom. The van der Waals surface area contributed by atoms with Gasteiger partial charge in [-0.15, -0.1) is 12.4 Å². The first-order valence-electron chi connectivity index (χ1n) is 4.80. The van der Waals surface area contributed by atoms with Crippen LogP contribution in [0.25, 0.3) is 0 Å². The first-order valence-corrected chi connectivity index (χ1v) is 4.80. The molecule has 1 heterocycles. The number of carbonyl (C=O) groups is 1. The zero-order valence-electron chi connectivity index (χ0n) is 9.06. The van der Waals surface area contributed by atoms with Crippen molar-refractivity contribution >= 4 is 24.1 Å². The maximum Gasteiger partial charge on any atom is 0.313 e. The number of aliphatic carboxylic acids is 1. The van der Waals surface area contributed by atoms with Crippen LogP contribution in [0.1, 0.15) is 18.4 Å². The number of carboxylic acids is 1. The molecule has 0 bridgehead atoms. The number of ether oxygens (including phenoxy) is 1. The van der Waals surface area contributed by atoms with Crippen LogP contribution in [0.2, 0.25) is 0 Å². The van der Waals surface area contributed by atoms with Crippen molar-refractivity contribution < 1.29 is 14.6 Å². The summed E-state index contributed by atoms with van der Waals surface area (Å²) < 4.78 is 5.08. The Morgan fingerprint density at radius 2 is 2.19 bits per heavy atom. The fourth-order valence-electron chi connectivity index (χ4n) is 2.00. The minimum absolute atomic E-state index is 0. The van der Waals surface area contributed by atoms with Gasteiger partial charge in [0.15, 0.2) is 0 Å². The summed E-state index contributed by atoms with van der Waals surface area (Å²) in [6, 6.07) is 5.38. The fraction of sp³-hybridized carbons (Fsp3) is 0.364. The number of rotatable bonds is 2. The number of fused-ring (bicyclic) bond motifs is 1. The number of hydrogen-bond donors (Lipinski definition) is 2. The lowest BCUT2D eigenvalue weighted by Gasteiger charge is -2.10. The Bertz CT molecular complexity index is 408. The van der Waals surface area contributed by atoms with Gasteiger partial charge in [-0.2, -0.15) is 0 Å². The van der Waals surface area contributed by atoms with Crippen LogP contribution in [-0.2, 0) is 4.79 Å². The molecule has 2 N–H and O–H groups in total. The summed E-state index contributed by atoms with van der Waals surface area (Å²) in [5.41, 5.74) is 1.69. The molecule has 0 saturated carbocycles. The van der Waals surface area contributed by atoms with Gasteiger partial charge < -0.3 is 15.2 Å². The molecule has 16 heavy (non-hydrogen) atoms. The van der Waals surface area contributed by atoms with Crippen molar-refractivity contribution in [1.29, 1.82) is 0 Å². The fourth-order valence-corrected chi connectivity index (χ4v) is 2.00. The molecule has 88 valence electrons. The smallest absolute Gasteiger partial charge is 0.313 e. The highest BCUT2D eigenvalue weighted by atomic mass is 35.5. The van der Waals surface area contributed by atoms with Crippen molar-refractivity contribution in [2.75, 3.05) is 12.4 Å². The van der Waals surface area contributed by atoms with Crippen LogP contribution >= 0.6 is 12.4 Å². The molecule has 2 atom stereocenters. The minimum atomic E-state index is -0.804. The van der Waals surface area contributed by atoms with Crippen LogP contribution in [0, 0.1) is 0 Å². The highest BCUT2D eigenvalue weighted by molar-refractivity contribution is 5.85. The van der Waals surface area contributed by atoms with E-state index in [-0.39, 0.29) is 18.4 Å². The highest BCUT2D eigenvalue weighted by Gasteiger charge is 2.34. The second kappa shape index (κ2) is 4.61. The molecule has 0 amide bonds. The van der Waals surface area contributed by atoms with Crippen LogP contribution in [0.5, 0.6) is 5.75 Å². The van der Waals surface area contributed by atoms with Crippen molar-refractivity contribution in [3.8, 4) is 5.75 Å². The van der Waals surface area contributed by atoms with Gasteiger partial charge in [-0.05, 0) is 30.7 Å². The summed E-state index contributed by atoms with van der Waals surface area (Å²) in [5.74, 6) is -0.604. The molecule has 4 nitrogen and oxygen atoms in total. The van der Waals surface area contributed by atoms with Crippen molar-refractivity contribution in [3.63, 3.8) is 0 Å². The highest BCUT2D eigenvalue weighted by Crippen LogP contribution is 2.38. The molecule has 0 saturated heterocycles. The zero-order valence-corrected chi connectivity index (χ0v) is 9.88. The second-order valence-electron chi connectivity index (χ2n) is 3.70. The van der Waals surface area contributed by atoms with E-state index < -0.39 is 11.9 Å². The number of anilines is 1. The van der Waals surface area contributed by atoms with E-state index in [1.165, 1.54) is 0 Å². The molecule has 1 aromatic rings. The number of hydrogen-bond acceptors (Lipinski definition) is 3. The molecule has 1 aromatic carbocycles. The van der Waals surface area contributed by atoms with Gasteiger partial charge >= 0.3 is 5.97 Å². The Labute approximate surface area is 100 Å². The van der Waals surface area contributed by atoms with E-state index in [0.717, 1.165) is 11.3 Å². The summed E-state index contributed by atoms with van der Waals surface area (Å²) in [7, 11) is 1.57. The van der Waals surface area contributed by atoms with Gasteiger partial charge in [-0.3, -0.25) is 4.79 Å². The van der Waals surface area contributed by atoms with E-state index in [4.69, 9.17) is 9.84 Å². The molecular weight excluding hydrogens is 230 g/mol. The van der Waals surface area contributed by atoms with E-state index in [0.29, 0.717) is 5.75 Å². The maximum absolute atomic E-state index is 11.1. The lowest BCUT2D eigenvalue weighted by Crippen LogP contribution is -2.22. The number of methoxy groups -OCH3 is 1. The van der Waals surface area contributed by atoms with Crippen molar-refractivity contribution in [2.24, 2.45) is 0 Å². The van der Waals surface area contributed by atoms with Crippen molar-refractivity contribution in [2.45, 2.75) is 18.9 Å². The van der Waals surface area contributed by atoms with E-state index in [1.807, 2.05) is 19.1 Å². The lowest BCUT2D eigenvalue weighted by atomic mass is 9.96. The van der Waals surface area contributed by atoms with Crippen LogP contribution < -0.4 is 10.1 Å². The second-order valence-corrected chi connectivity index (χ2v) is 3.70. The predicted octanol–water partition coefficient (Wildman–Crippen LogP) is 2.10. The molecule has 0 spiro atoms. The van der Waals surface area contributed by atoms with Gasteiger partial charge in [0, 0.05) is 11.7 Å². The van der Waals surface area contributed by atoms with Gasteiger partial charge in [-0.25, -0.2) is 0 Å². The third kappa shape index (κ3) is 1.93. The SMILES string of the molecule is COc1ccc2c(c1)C(C(=O)O)C(C)N2.Cl. The summed E-state index contributed by atoms with van der Waals surface area (Å²) >= 11 is 0. The van der Waals surface area contributed by atoms with E-state index in [1.54, 1.807) is 13.2 Å². The topological polar surface area (TPSA) is 58.6 Å². The van der Waals surface area contributed by atoms with Gasteiger partial charge in [0.05, 0.1) is 7.11 Å². The van der Waals surface area contributed by atoms with Crippen molar-refractivity contribution in [1.82, 2.24) is 0 Å². The lowest BCUT2D eigenvalue weighted by molar-refractivity contribution is -0.138. The Hall–Kier alpha value is -1.42. The van der Waals surface area contributed by atoms with Gasteiger partial charge in [0.25, 0.3) is 0 Å². The predicted molar refractivity (Wildman–Crippen MR) is 63.7 cm³/mol. The van der Waals surface area contributed by atoms with Crippen molar-refractivity contribution in [3.05, 3.63) is 23.8 Å². The molecule has 1 aliphatic rings. The molecule has 0 aliphatic carbocycles. The normalized spacial score (nSPS) is 21.6. The molecule has 0 radical (unpaired) electrons. The quantitative estimate of drug-likeness (QED) is 0.835. The van der Waals surface area contributed by atoms with E-state index in [9.17, 15) is 4.79 Å².